The maximum atomic E-state index is 13.5. The Hall–Kier alpha value is -3.20. The zero-order valence-corrected chi connectivity index (χ0v) is 18.8. The minimum absolute atomic E-state index is 0.155. The van der Waals surface area contributed by atoms with Crippen LogP contribution in [0.1, 0.15) is 5.69 Å². The Kier molecular flexibility index (Phi) is 6.13. The number of morpholine rings is 1. The van der Waals surface area contributed by atoms with Crippen molar-refractivity contribution in [2.24, 2.45) is 0 Å². The fourth-order valence-electron chi connectivity index (χ4n) is 4.22. The molecular formula is C24H24ClN5O3. The van der Waals surface area contributed by atoms with E-state index in [9.17, 15) is 9.59 Å². The SMILES string of the molecule is O=c1c2c(-c3ccc(Cl)cc3)n(Cc3ccccn3)c(=O)cc2[nH]n1CCN1CCOCC1. The number of halogens is 1. The lowest BCUT2D eigenvalue weighted by molar-refractivity contribution is 0.0359. The summed E-state index contributed by atoms with van der Waals surface area (Å²) in [7, 11) is 0. The van der Waals surface area contributed by atoms with Gasteiger partial charge < -0.3 is 9.30 Å². The number of benzene rings is 1. The lowest BCUT2D eigenvalue weighted by Gasteiger charge is -2.26. The molecule has 9 heteroatoms. The summed E-state index contributed by atoms with van der Waals surface area (Å²) >= 11 is 6.10. The average molecular weight is 466 g/mol. The summed E-state index contributed by atoms with van der Waals surface area (Å²) in [6.07, 6.45) is 1.69. The quantitative estimate of drug-likeness (QED) is 0.473. The van der Waals surface area contributed by atoms with Crippen LogP contribution in [-0.4, -0.2) is 57.1 Å². The zero-order chi connectivity index (χ0) is 22.8. The van der Waals surface area contributed by atoms with Crippen LogP contribution in [-0.2, 0) is 17.8 Å². The molecule has 4 heterocycles. The lowest BCUT2D eigenvalue weighted by Crippen LogP contribution is -2.39. The first kappa shape index (κ1) is 21.6. The molecule has 33 heavy (non-hydrogen) atoms. The van der Waals surface area contributed by atoms with Gasteiger partial charge in [0.25, 0.3) is 11.1 Å². The molecule has 170 valence electrons. The van der Waals surface area contributed by atoms with E-state index in [4.69, 9.17) is 16.3 Å². The summed E-state index contributed by atoms with van der Waals surface area (Å²) in [5.74, 6) is 0. The van der Waals surface area contributed by atoms with Gasteiger partial charge in [0.05, 0.1) is 48.6 Å². The van der Waals surface area contributed by atoms with Crippen LogP contribution in [0, 0.1) is 0 Å². The predicted octanol–water partition coefficient (Wildman–Crippen LogP) is 2.59. The van der Waals surface area contributed by atoms with Crippen molar-refractivity contribution >= 4 is 22.5 Å². The minimum Gasteiger partial charge on any atom is -0.379 e. The molecule has 0 bridgehead atoms. The molecular weight excluding hydrogens is 442 g/mol. The van der Waals surface area contributed by atoms with Gasteiger partial charge in [-0.3, -0.25) is 29.3 Å². The van der Waals surface area contributed by atoms with Crippen LogP contribution in [0.25, 0.3) is 22.2 Å². The van der Waals surface area contributed by atoms with Crippen molar-refractivity contribution in [2.75, 3.05) is 32.8 Å². The molecule has 1 aliphatic rings. The fraction of sp³-hybridized carbons (Fsp3) is 0.292. The van der Waals surface area contributed by atoms with Gasteiger partial charge in [-0.15, -0.1) is 0 Å². The molecule has 0 spiro atoms. The van der Waals surface area contributed by atoms with Crippen LogP contribution < -0.4 is 11.1 Å². The van der Waals surface area contributed by atoms with Crippen LogP contribution in [0.15, 0.2) is 64.3 Å². The minimum atomic E-state index is -0.209. The molecule has 0 aliphatic carbocycles. The number of nitrogens with zero attached hydrogens (tertiary/aromatic N) is 4. The predicted molar refractivity (Wildman–Crippen MR) is 128 cm³/mol. The van der Waals surface area contributed by atoms with Gasteiger partial charge in [0.2, 0.25) is 0 Å². The molecule has 0 unspecified atom stereocenters. The van der Waals surface area contributed by atoms with Gasteiger partial charge in [0.15, 0.2) is 0 Å². The third kappa shape index (κ3) is 4.50. The van der Waals surface area contributed by atoms with Crippen molar-refractivity contribution in [3.05, 3.63) is 86.2 Å². The van der Waals surface area contributed by atoms with Crippen LogP contribution in [0.4, 0.5) is 0 Å². The summed E-state index contributed by atoms with van der Waals surface area (Å²) in [6, 6.07) is 14.2. The standard InChI is InChI=1S/C24H24ClN5O3/c25-18-6-4-17(5-7-18)23-22-20(15-21(31)29(23)16-19-3-1-2-8-26-19)27-30(24(22)32)10-9-28-11-13-33-14-12-28/h1-8,15,27H,9-14,16H2. The van der Waals surface area contributed by atoms with E-state index in [0.29, 0.717) is 41.4 Å². The average Bonchev–Trinajstić information content (AvgIpc) is 3.15. The molecule has 0 radical (unpaired) electrons. The van der Waals surface area contributed by atoms with Gasteiger partial charge in [-0.05, 0) is 29.8 Å². The number of pyridine rings is 2. The van der Waals surface area contributed by atoms with E-state index in [2.05, 4.69) is 15.0 Å². The van der Waals surface area contributed by atoms with E-state index < -0.39 is 0 Å². The summed E-state index contributed by atoms with van der Waals surface area (Å²) in [5.41, 5.74) is 2.20. The second-order valence-electron chi connectivity index (χ2n) is 8.06. The van der Waals surface area contributed by atoms with Crippen molar-refractivity contribution in [3.63, 3.8) is 0 Å². The second-order valence-corrected chi connectivity index (χ2v) is 8.49. The highest BCUT2D eigenvalue weighted by Crippen LogP contribution is 2.26. The Morgan fingerprint density at radius 1 is 1.03 bits per heavy atom. The first-order chi connectivity index (χ1) is 16.1. The Balaban J connectivity index is 1.63. The number of H-pyrrole nitrogens is 1. The molecule has 0 atom stereocenters. The molecule has 4 aromatic rings. The number of aromatic nitrogens is 4. The molecule has 0 saturated carbocycles. The summed E-state index contributed by atoms with van der Waals surface area (Å²) in [4.78, 5) is 33.3. The normalized spacial score (nSPS) is 14.7. The Labute approximate surface area is 195 Å². The van der Waals surface area contributed by atoms with Gasteiger partial charge in [-0.2, -0.15) is 0 Å². The topological polar surface area (TPSA) is 85.2 Å². The van der Waals surface area contributed by atoms with E-state index in [1.54, 1.807) is 27.6 Å². The van der Waals surface area contributed by atoms with Gasteiger partial charge in [-0.1, -0.05) is 29.8 Å². The molecule has 1 aliphatic heterocycles. The zero-order valence-electron chi connectivity index (χ0n) is 18.0. The summed E-state index contributed by atoms with van der Waals surface area (Å²) in [5, 5.41) is 4.21. The maximum Gasteiger partial charge on any atom is 0.276 e. The number of hydrogen-bond acceptors (Lipinski definition) is 5. The largest absolute Gasteiger partial charge is 0.379 e. The van der Waals surface area contributed by atoms with Gasteiger partial charge in [0, 0.05) is 36.9 Å². The number of aromatic amines is 1. The lowest BCUT2D eigenvalue weighted by atomic mass is 10.1. The van der Waals surface area contributed by atoms with Crippen LogP contribution in [0.3, 0.4) is 0 Å². The molecule has 1 fully saturated rings. The number of rotatable bonds is 6. The number of fused-ring (bicyclic) bond motifs is 1. The van der Waals surface area contributed by atoms with Crippen molar-refractivity contribution in [1.29, 1.82) is 0 Å². The third-order valence-corrected chi connectivity index (χ3v) is 6.18. The fourth-order valence-corrected chi connectivity index (χ4v) is 4.35. The number of ether oxygens (including phenoxy) is 1. The van der Waals surface area contributed by atoms with E-state index in [-0.39, 0.29) is 17.7 Å². The second kappa shape index (κ2) is 9.35. The van der Waals surface area contributed by atoms with Crippen LogP contribution in [0.2, 0.25) is 5.02 Å². The first-order valence-electron chi connectivity index (χ1n) is 10.9. The monoisotopic (exact) mass is 465 g/mol. The van der Waals surface area contributed by atoms with Gasteiger partial charge in [-0.25, -0.2) is 0 Å². The van der Waals surface area contributed by atoms with Crippen molar-refractivity contribution in [3.8, 4) is 11.3 Å². The van der Waals surface area contributed by atoms with E-state index in [1.165, 1.54) is 6.07 Å². The smallest absolute Gasteiger partial charge is 0.276 e. The summed E-state index contributed by atoms with van der Waals surface area (Å²) < 4.78 is 8.60. The highest BCUT2D eigenvalue weighted by Gasteiger charge is 2.20. The van der Waals surface area contributed by atoms with E-state index in [1.807, 2.05) is 30.3 Å². The Morgan fingerprint density at radius 2 is 1.82 bits per heavy atom. The number of hydrogen-bond donors (Lipinski definition) is 1. The van der Waals surface area contributed by atoms with Crippen molar-refractivity contribution in [1.82, 2.24) is 24.2 Å². The molecule has 1 N–H and O–H groups in total. The highest BCUT2D eigenvalue weighted by atomic mass is 35.5. The Bertz CT molecular complexity index is 1370. The van der Waals surface area contributed by atoms with Gasteiger partial charge >= 0.3 is 0 Å². The molecule has 5 rings (SSSR count). The summed E-state index contributed by atoms with van der Waals surface area (Å²) in [6.45, 7) is 4.59. The van der Waals surface area contributed by atoms with Crippen LogP contribution >= 0.6 is 11.6 Å². The molecule has 1 saturated heterocycles. The molecule has 0 amide bonds. The van der Waals surface area contributed by atoms with Crippen molar-refractivity contribution < 1.29 is 4.74 Å². The van der Waals surface area contributed by atoms with E-state index >= 15 is 0 Å². The molecule has 3 aromatic heterocycles. The van der Waals surface area contributed by atoms with Gasteiger partial charge in [0.1, 0.15) is 0 Å². The number of nitrogens with one attached hydrogen (secondary N) is 1. The molecule has 8 nitrogen and oxygen atoms in total. The highest BCUT2D eigenvalue weighted by molar-refractivity contribution is 6.30. The first-order valence-corrected chi connectivity index (χ1v) is 11.3. The van der Waals surface area contributed by atoms with Crippen molar-refractivity contribution in [2.45, 2.75) is 13.1 Å². The Morgan fingerprint density at radius 3 is 2.55 bits per heavy atom. The third-order valence-electron chi connectivity index (χ3n) is 5.93. The maximum absolute atomic E-state index is 13.5. The van der Waals surface area contributed by atoms with Crippen LogP contribution in [0.5, 0.6) is 0 Å². The van der Waals surface area contributed by atoms with E-state index in [0.717, 1.165) is 30.9 Å². The molecule has 1 aromatic carbocycles.